The summed E-state index contributed by atoms with van der Waals surface area (Å²) in [6.45, 7) is 10.8. The van der Waals surface area contributed by atoms with Crippen LogP contribution in [0.15, 0.2) is 54.6 Å². The van der Waals surface area contributed by atoms with E-state index >= 15 is 0 Å². The van der Waals surface area contributed by atoms with Crippen molar-refractivity contribution in [3.8, 4) is 11.3 Å². The number of nitrogens with one attached hydrogen (secondary N) is 2. The molecule has 4 nitrogen and oxygen atoms in total. The van der Waals surface area contributed by atoms with E-state index in [0.717, 1.165) is 22.8 Å². The Balaban J connectivity index is 1.95. The van der Waals surface area contributed by atoms with Crippen LogP contribution >= 0.6 is 0 Å². The Labute approximate surface area is 162 Å². The van der Waals surface area contributed by atoms with Crippen LogP contribution < -0.4 is 10.6 Å². The molecular formula is C23H28N4. The van der Waals surface area contributed by atoms with Crippen LogP contribution in [-0.4, -0.2) is 16.0 Å². The predicted octanol–water partition coefficient (Wildman–Crippen LogP) is 6.14. The summed E-state index contributed by atoms with van der Waals surface area (Å²) in [5, 5.41) is 6.76. The molecule has 0 spiro atoms. The molecule has 0 atom stereocenters. The molecule has 3 aromatic rings. The lowest BCUT2D eigenvalue weighted by atomic mass is 9.98. The van der Waals surface area contributed by atoms with Crippen LogP contribution in [0, 0.1) is 6.92 Å². The fourth-order valence-electron chi connectivity index (χ4n) is 3.14. The first kappa shape index (κ1) is 18.9. The predicted molar refractivity (Wildman–Crippen MR) is 115 cm³/mol. The number of hydrogen-bond acceptors (Lipinski definition) is 4. The molecule has 27 heavy (non-hydrogen) atoms. The van der Waals surface area contributed by atoms with Gasteiger partial charge in [0.15, 0.2) is 0 Å². The number of hydrogen-bond donors (Lipinski definition) is 2. The third-order valence-corrected chi connectivity index (χ3v) is 4.38. The lowest BCUT2D eigenvalue weighted by Gasteiger charge is -2.15. The van der Waals surface area contributed by atoms with E-state index in [0.29, 0.717) is 11.9 Å². The zero-order valence-corrected chi connectivity index (χ0v) is 16.7. The summed E-state index contributed by atoms with van der Waals surface area (Å²) in [6.07, 6.45) is 0. The lowest BCUT2D eigenvalue weighted by Crippen LogP contribution is -2.13. The van der Waals surface area contributed by atoms with Crippen LogP contribution in [0.4, 0.5) is 17.5 Å². The van der Waals surface area contributed by atoms with Crippen molar-refractivity contribution in [3.05, 3.63) is 65.7 Å². The molecule has 140 valence electrons. The first-order chi connectivity index (χ1) is 12.9. The average molecular weight is 361 g/mol. The molecule has 1 aromatic heterocycles. The Hall–Kier alpha value is -2.88. The van der Waals surface area contributed by atoms with E-state index in [4.69, 9.17) is 0 Å². The van der Waals surface area contributed by atoms with Crippen LogP contribution in [0.3, 0.4) is 0 Å². The second kappa shape index (κ2) is 8.21. The monoisotopic (exact) mass is 360 g/mol. The highest BCUT2D eigenvalue weighted by atomic mass is 15.2. The van der Waals surface area contributed by atoms with Gasteiger partial charge in [-0.05, 0) is 49.9 Å². The van der Waals surface area contributed by atoms with Crippen molar-refractivity contribution in [2.75, 3.05) is 10.6 Å². The fraction of sp³-hybridized carbons (Fsp3) is 0.304. The Morgan fingerprint density at radius 2 is 1.59 bits per heavy atom. The summed E-state index contributed by atoms with van der Waals surface area (Å²) in [6, 6.07) is 18.9. The van der Waals surface area contributed by atoms with E-state index in [1.807, 2.05) is 24.3 Å². The molecular weight excluding hydrogens is 332 g/mol. The van der Waals surface area contributed by atoms with Gasteiger partial charge in [-0.1, -0.05) is 50.2 Å². The van der Waals surface area contributed by atoms with Crippen molar-refractivity contribution < 1.29 is 0 Å². The zero-order chi connectivity index (χ0) is 19.4. The first-order valence-corrected chi connectivity index (χ1v) is 9.51. The van der Waals surface area contributed by atoms with Crippen molar-refractivity contribution in [1.29, 1.82) is 0 Å². The van der Waals surface area contributed by atoms with Crippen molar-refractivity contribution in [2.24, 2.45) is 0 Å². The van der Waals surface area contributed by atoms with E-state index in [1.165, 1.54) is 11.1 Å². The maximum Gasteiger partial charge on any atom is 0.225 e. The third kappa shape index (κ3) is 4.85. The Bertz CT molecular complexity index is 902. The number of aromatic nitrogens is 2. The van der Waals surface area contributed by atoms with Gasteiger partial charge in [-0.25, -0.2) is 4.98 Å². The van der Waals surface area contributed by atoms with Gasteiger partial charge in [-0.3, -0.25) is 0 Å². The van der Waals surface area contributed by atoms with Gasteiger partial charge in [0.1, 0.15) is 5.82 Å². The third-order valence-electron chi connectivity index (χ3n) is 4.38. The van der Waals surface area contributed by atoms with Crippen molar-refractivity contribution >= 4 is 17.5 Å². The Kier molecular flexibility index (Phi) is 5.75. The molecule has 0 amide bonds. The van der Waals surface area contributed by atoms with Crippen LogP contribution in [0.1, 0.15) is 44.7 Å². The summed E-state index contributed by atoms with van der Waals surface area (Å²) in [5.74, 6) is 1.93. The van der Waals surface area contributed by atoms with Crippen LogP contribution in [0.25, 0.3) is 11.3 Å². The number of anilines is 3. The molecule has 0 bridgehead atoms. The molecule has 3 rings (SSSR count). The van der Waals surface area contributed by atoms with Crippen LogP contribution in [-0.2, 0) is 0 Å². The van der Waals surface area contributed by atoms with Gasteiger partial charge in [0.05, 0.1) is 5.69 Å². The SMILES string of the molecule is Cc1cc(Nc2cc(-c3ccccc3)nc(NC(C)C)n2)ccc1C(C)C. The van der Waals surface area contributed by atoms with Crippen molar-refractivity contribution in [2.45, 2.75) is 46.6 Å². The van der Waals surface area contributed by atoms with Crippen molar-refractivity contribution in [3.63, 3.8) is 0 Å². The molecule has 0 fully saturated rings. The first-order valence-electron chi connectivity index (χ1n) is 9.51. The molecule has 1 heterocycles. The number of aryl methyl sites for hydroxylation is 1. The molecule has 0 radical (unpaired) electrons. The maximum absolute atomic E-state index is 4.68. The van der Waals surface area contributed by atoms with Gasteiger partial charge in [-0.2, -0.15) is 4.98 Å². The molecule has 0 saturated heterocycles. The minimum absolute atomic E-state index is 0.261. The maximum atomic E-state index is 4.68. The van der Waals surface area contributed by atoms with Gasteiger partial charge < -0.3 is 10.6 Å². The van der Waals surface area contributed by atoms with E-state index in [9.17, 15) is 0 Å². The molecule has 0 saturated carbocycles. The van der Waals surface area contributed by atoms with Gasteiger partial charge in [0.2, 0.25) is 5.95 Å². The van der Waals surface area contributed by atoms with Crippen molar-refractivity contribution in [1.82, 2.24) is 9.97 Å². The molecule has 0 aliphatic heterocycles. The van der Waals surface area contributed by atoms with E-state index in [2.05, 4.69) is 85.6 Å². The summed E-state index contributed by atoms with van der Waals surface area (Å²) in [7, 11) is 0. The minimum Gasteiger partial charge on any atom is -0.352 e. The fourth-order valence-corrected chi connectivity index (χ4v) is 3.14. The number of nitrogens with zero attached hydrogens (tertiary/aromatic N) is 2. The summed E-state index contributed by atoms with van der Waals surface area (Å²) in [4.78, 5) is 9.33. The molecule has 2 N–H and O–H groups in total. The summed E-state index contributed by atoms with van der Waals surface area (Å²) < 4.78 is 0. The molecule has 0 aliphatic carbocycles. The molecule has 0 aliphatic rings. The molecule has 2 aromatic carbocycles. The molecule has 4 heteroatoms. The number of rotatable bonds is 6. The molecule has 0 unspecified atom stereocenters. The summed E-state index contributed by atoms with van der Waals surface area (Å²) in [5.41, 5.74) is 5.65. The van der Waals surface area contributed by atoms with Crippen LogP contribution in [0.5, 0.6) is 0 Å². The topological polar surface area (TPSA) is 49.8 Å². The van der Waals surface area contributed by atoms with E-state index < -0.39 is 0 Å². The van der Waals surface area contributed by atoms with Crippen LogP contribution in [0.2, 0.25) is 0 Å². The second-order valence-electron chi connectivity index (χ2n) is 7.48. The average Bonchev–Trinajstić information content (AvgIpc) is 2.61. The lowest BCUT2D eigenvalue weighted by molar-refractivity contribution is 0.857. The second-order valence-corrected chi connectivity index (χ2v) is 7.48. The van der Waals surface area contributed by atoms with Gasteiger partial charge in [0, 0.05) is 23.4 Å². The smallest absolute Gasteiger partial charge is 0.225 e. The largest absolute Gasteiger partial charge is 0.352 e. The zero-order valence-electron chi connectivity index (χ0n) is 16.7. The van der Waals surface area contributed by atoms with Gasteiger partial charge in [-0.15, -0.1) is 0 Å². The minimum atomic E-state index is 0.261. The van der Waals surface area contributed by atoms with E-state index in [-0.39, 0.29) is 6.04 Å². The standard InChI is InChI=1S/C23H28N4/c1-15(2)20-12-11-19(13-17(20)5)25-22-14-21(18-9-7-6-8-10-18)26-23(27-22)24-16(3)4/h6-16H,1-5H3,(H2,24,25,26,27). The normalized spacial score (nSPS) is 11.1. The Morgan fingerprint density at radius 3 is 2.22 bits per heavy atom. The summed E-state index contributed by atoms with van der Waals surface area (Å²) >= 11 is 0. The van der Waals surface area contributed by atoms with E-state index in [1.54, 1.807) is 0 Å². The highest BCUT2D eigenvalue weighted by Crippen LogP contribution is 2.26. The quantitative estimate of drug-likeness (QED) is 0.554. The Morgan fingerprint density at radius 1 is 0.852 bits per heavy atom. The highest BCUT2D eigenvalue weighted by Gasteiger charge is 2.09. The highest BCUT2D eigenvalue weighted by molar-refractivity contribution is 5.67. The van der Waals surface area contributed by atoms with Gasteiger partial charge in [0.25, 0.3) is 0 Å². The number of benzene rings is 2. The van der Waals surface area contributed by atoms with Gasteiger partial charge >= 0.3 is 0 Å².